The van der Waals surface area contributed by atoms with Crippen LogP contribution in [0.3, 0.4) is 0 Å². The normalized spacial score (nSPS) is 11.3. The molecule has 0 heterocycles. The summed E-state index contributed by atoms with van der Waals surface area (Å²) in [5.74, 6) is 0. The predicted molar refractivity (Wildman–Crippen MR) is 39.2 cm³/mol. The Bertz CT molecular complexity index is 128. The summed E-state index contributed by atoms with van der Waals surface area (Å²) in [5.41, 5.74) is 1.97. The van der Waals surface area contributed by atoms with Crippen LogP contribution >= 0.6 is 0 Å². The van der Waals surface area contributed by atoms with Gasteiger partial charge in [-0.3, -0.25) is 0 Å². The van der Waals surface area contributed by atoms with Gasteiger partial charge in [0.25, 0.3) is 0 Å². The van der Waals surface area contributed by atoms with E-state index in [9.17, 15) is 4.39 Å². The molecule has 0 atom stereocenters. The number of hydrogen-bond acceptors (Lipinski definition) is 0. The van der Waals surface area contributed by atoms with Gasteiger partial charge in [0.1, 0.15) is 6.67 Å². The van der Waals surface area contributed by atoms with Crippen molar-refractivity contribution >= 4 is 0 Å². The molecule has 0 aromatic heterocycles. The fraction of sp³-hybridized carbons (Fsp3) is 0.500. The quantitative estimate of drug-likeness (QED) is 0.501. The molecule has 0 aromatic carbocycles. The molecule has 9 heavy (non-hydrogen) atoms. The summed E-state index contributed by atoms with van der Waals surface area (Å²) in [6.07, 6.45) is 3.71. The third kappa shape index (κ3) is 5.28. The first-order chi connectivity index (χ1) is 4.16. The minimum atomic E-state index is -0.343. The minimum Gasteiger partial charge on any atom is -0.246 e. The first-order valence-electron chi connectivity index (χ1n) is 3.03. The van der Waals surface area contributed by atoms with Gasteiger partial charge in [0, 0.05) is 0 Å². The zero-order valence-corrected chi connectivity index (χ0v) is 6.24. The van der Waals surface area contributed by atoms with Crippen LogP contribution in [-0.4, -0.2) is 6.67 Å². The Hall–Kier alpha value is -0.590. The standard InChI is InChI=1S/C8H13F/c1-7(2)4-5-8(3)6-9/h4-5H,6H2,1-3H3/b8-5+. The molecule has 1 heteroatoms. The molecule has 0 fully saturated rings. The predicted octanol–water partition coefficient (Wildman–Crippen LogP) is 2.87. The van der Waals surface area contributed by atoms with Crippen molar-refractivity contribution in [3.05, 3.63) is 23.3 Å². The molecule has 0 aliphatic carbocycles. The van der Waals surface area contributed by atoms with Crippen LogP contribution in [0.2, 0.25) is 0 Å². The summed E-state index contributed by atoms with van der Waals surface area (Å²) in [7, 11) is 0. The average molecular weight is 128 g/mol. The highest BCUT2D eigenvalue weighted by molar-refractivity contribution is 5.13. The summed E-state index contributed by atoms with van der Waals surface area (Å²) in [6.45, 7) is 5.41. The van der Waals surface area contributed by atoms with Gasteiger partial charge in [-0.25, -0.2) is 4.39 Å². The van der Waals surface area contributed by atoms with Crippen molar-refractivity contribution in [3.63, 3.8) is 0 Å². The molecule has 0 radical (unpaired) electrons. The molecule has 0 saturated heterocycles. The second kappa shape index (κ2) is 4.30. The molecular formula is C8H13F. The lowest BCUT2D eigenvalue weighted by atomic mass is 10.2. The van der Waals surface area contributed by atoms with Gasteiger partial charge in [0.05, 0.1) is 0 Å². The third-order valence-electron chi connectivity index (χ3n) is 0.912. The largest absolute Gasteiger partial charge is 0.246 e. The Morgan fingerprint density at radius 2 is 1.78 bits per heavy atom. The van der Waals surface area contributed by atoms with E-state index >= 15 is 0 Å². The second-order valence-corrected chi connectivity index (χ2v) is 2.39. The Kier molecular flexibility index (Phi) is 4.02. The van der Waals surface area contributed by atoms with E-state index in [1.807, 2.05) is 19.9 Å². The number of rotatable bonds is 2. The Balaban J connectivity index is 3.83. The second-order valence-electron chi connectivity index (χ2n) is 2.39. The maximum atomic E-state index is 11.7. The molecule has 0 bridgehead atoms. The summed E-state index contributed by atoms with van der Waals surface area (Å²) < 4.78 is 11.7. The molecule has 0 aromatic rings. The average Bonchev–Trinajstić information content (AvgIpc) is 1.83. The van der Waals surface area contributed by atoms with Crippen molar-refractivity contribution < 1.29 is 4.39 Å². The van der Waals surface area contributed by atoms with E-state index < -0.39 is 0 Å². The van der Waals surface area contributed by atoms with Gasteiger partial charge in [0.15, 0.2) is 0 Å². The highest BCUT2D eigenvalue weighted by Crippen LogP contribution is 1.96. The number of halogens is 1. The van der Waals surface area contributed by atoms with Crippen LogP contribution in [-0.2, 0) is 0 Å². The zero-order valence-electron chi connectivity index (χ0n) is 6.24. The lowest BCUT2D eigenvalue weighted by Crippen LogP contribution is -1.74. The monoisotopic (exact) mass is 128 g/mol. The Morgan fingerprint density at radius 3 is 2.11 bits per heavy atom. The third-order valence-corrected chi connectivity index (χ3v) is 0.912. The molecule has 0 aliphatic rings. The summed E-state index contributed by atoms with van der Waals surface area (Å²) in [6, 6.07) is 0. The number of alkyl halides is 1. The fourth-order valence-electron chi connectivity index (χ4n) is 0.353. The van der Waals surface area contributed by atoms with E-state index in [2.05, 4.69) is 0 Å². The minimum absolute atomic E-state index is 0.343. The van der Waals surface area contributed by atoms with Crippen LogP contribution in [0.1, 0.15) is 20.8 Å². The van der Waals surface area contributed by atoms with E-state index in [1.54, 1.807) is 13.0 Å². The van der Waals surface area contributed by atoms with Crippen molar-refractivity contribution in [2.45, 2.75) is 20.8 Å². The molecule has 0 aliphatic heterocycles. The molecule has 0 spiro atoms. The summed E-state index contributed by atoms with van der Waals surface area (Å²) >= 11 is 0. The van der Waals surface area contributed by atoms with Gasteiger partial charge in [0.2, 0.25) is 0 Å². The molecule has 52 valence electrons. The van der Waals surface area contributed by atoms with Crippen molar-refractivity contribution in [1.29, 1.82) is 0 Å². The first kappa shape index (κ1) is 8.41. The summed E-state index contributed by atoms with van der Waals surface area (Å²) in [4.78, 5) is 0. The van der Waals surface area contributed by atoms with Gasteiger partial charge in [-0.1, -0.05) is 17.7 Å². The Morgan fingerprint density at radius 1 is 1.22 bits per heavy atom. The van der Waals surface area contributed by atoms with Crippen molar-refractivity contribution in [3.8, 4) is 0 Å². The zero-order chi connectivity index (χ0) is 7.28. The van der Waals surface area contributed by atoms with Crippen LogP contribution in [0.15, 0.2) is 23.3 Å². The van der Waals surface area contributed by atoms with Crippen LogP contribution in [0, 0.1) is 0 Å². The molecule has 0 saturated carbocycles. The van der Waals surface area contributed by atoms with Crippen LogP contribution in [0.5, 0.6) is 0 Å². The van der Waals surface area contributed by atoms with Gasteiger partial charge in [-0.2, -0.15) is 0 Å². The van der Waals surface area contributed by atoms with Crippen molar-refractivity contribution in [2.24, 2.45) is 0 Å². The van der Waals surface area contributed by atoms with E-state index in [0.29, 0.717) is 0 Å². The van der Waals surface area contributed by atoms with Gasteiger partial charge >= 0.3 is 0 Å². The van der Waals surface area contributed by atoms with Crippen LogP contribution in [0.4, 0.5) is 4.39 Å². The fourth-order valence-corrected chi connectivity index (χ4v) is 0.353. The SMILES string of the molecule is CC(C)=C/C=C(\C)CF. The van der Waals surface area contributed by atoms with E-state index in [-0.39, 0.29) is 6.67 Å². The maximum absolute atomic E-state index is 11.7. The van der Waals surface area contributed by atoms with E-state index in [4.69, 9.17) is 0 Å². The lowest BCUT2D eigenvalue weighted by Gasteiger charge is -1.87. The smallest absolute Gasteiger partial charge is 0.111 e. The molecule has 0 amide bonds. The van der Waals surface area contributed by atoms with Crippen molar-refractivity contribution in [2.75, 3.05) is 6.67 Å². The van der Waals surface area contributed by atoms with Gasteiger partial charge < -0.3 is 0 Å². The van der Waals surface area contributed by atoms with E-state index in [0.717, 1.165) is 5.57 Å². The van der Waals surface area contributed by atoms with E-state index in [1.165, 1.54) is 5.57 Å². The van der Waals surface area contributed by atoms with Crippen LogP contribution in [0.25, 0.3) is 0 Å². The molecule has 0 nitrogen and oxygen atoms in total. The van der Waals surface area contributed by atoms with Gasteiger partial charge in [-0.15, -0.1) is 0 Å². The van der Waals surface area contributed by atoms with Crippen LogP contribution < -0.4 is 0 Å². The molecule has 0 N–H and O–H groups in total. The number of allylic oxidation sites excluding steroid dienone is 4. The lowest BCUT2D eigenvalue weighted by molar-refractivity contribution is 0.543. The topological polar surface area (TPSA) is 0 Å². The Labute approximate surface area is 56.1 Å². The molecular weight excluding hydrogens is 115 g/mol. The van der Waals surface area contributed by atoms with Crippen molar-refractivity contribution in [1.82, 2.24) is 0 Å². The maximum Gasteiger partial charge on any atom is 0.111 e. The van der Waals surface area contributed by atoms with Gasteiger partial charge in [-0.05, 0) is 26.3 Å². The summed E-state index contributed by atoms with van der Waals surface area (Å²) in [5, 5.41) is 0. The number of hydrogen-bond donors (Lipinski definition) is 0. The first-order valence-corrected chi connectivity index (χ1v) is 3.03. The molecule has 0 rings (SSSR count). The molecule has 0 unspecified atom stereocenters. The highest BCUT2D eigenvalue weighted by Gasteiger charge is 1.81. The highest BCUT2D eigenvalue weighted by atomic mass is 19.1.